The number of aromatic amines is 1. The van der Waals surface area contributed by atoms with Crippen LogP contribution in [0, 0.1) is 6.92 Å². The van der Waals surface area contributed by atoms with E-state index in [0.717, 1.165) is 26.3 Å². The third-order valence-corrected chi connectivity index (χ3v) is 4.88. The Hall–Kier alpha value is -1.92. The fourth-order valence-corrected chi connectivity index (χ4v) is 3.14. The summed E-state index contributed by atoms with van der Waals surface area (Å²) in [7, 11) is 0. The largest absolute Gasteiger partial charge is 0.477 e. The van der Waals surface area contributed by atoms with Crippen LogP contribution in [0.4, 0.5) is 0 Å². The van der Waals surface area contributed by atoms with Gasteiger partial charge in [-0.1, -0.05) is 28.1 Å². The summed E-state index contributed by atoms with van der Waals surface area (Å²) in [4.78, 5) is 18.2. The zero-order valence-electron chi connectivity index (χ0n) is 11.1. The molecule has 0 bridgehead atoms. The molecule has 3 aromatic rings. The van der Waals surface area contributed by atoms with Gasteiger partial charge in [-0.2, -0.15) is 0 Å². The Labute approximate surface area is 133 Å². The molecule has 106 valence electrons. The summed E-state index contributed by atoms with van der Waals surface area (Å²) in [6.45, 7) is 2.04. The first-order chi connectivity index (χ1) is 10.0. The van der Waals surface area contributed by atoms with Crippen molar-refractivity contribution in [2.75, 3.05) is 0 Å². The Kier molecular flexibility index (Phi) is 3.65. The second-order valence-electron chi connectivity index (χ2n) is 4.61. The number of thiazole rings is 1. The quantitative estimate of drug-likeness (QED) is 0.716. The van der Waals surface area contributed by atoms with Gasteiger partial charge in [-0.15, -0.1) is 11.3 Å². The molecule has 0 spiro atoms. The van der Waals surface area contributed by atoms with Crippen LogP contribution in [0.5, 0.6) is 0 Å². The van der Waals surface area contributed by atoms with E-state index >= 15 is 0 Å². The van der Waals surface area contributed by atoms with Gasteiger partial charge in [0, 0.05) is 27.2 Å². The zero-order chi connectivity index (χ0) is 15.0. The maximum absolute atomic E-state index is 10.9. The number of carboxylic acid groups (broad SMARTS) is 1. The van der Waals surface area contributed by atoms with E-state index in [4.69, 9.17) is 5.11 Å². The highest BCUT2D eigenvalue weighted by Gasteiger charge is 2.11. The highest BCUT2D eigenvalue weighted by molar-refractivity contribution is 9.10. The summed E-state index contributed by atoms with van der Waals surface area (Å²) in [5.74, 6) is -0.973. The first-order valence-electron chi connectivity index (χ1n) is 6.19. The Morgan fingerprint density at radius 2 is 2.14 bits per heavy atom. The molecule has 3 rings (SSSR count). The van der Waals surface area contributed by atoms with Gasteiger partial charge in [-0.25, -0.2) is 9.78 Å². The van der Waals surface area contributed by atoms with Crippen LogP contribution < -0.4 is 0 Å². The van der Waals surface area contributed by atoms with Gasteiger partial charge in [-0.3, -0.25) is 0 Å². The number of aryl methyl sites for hydroxylation is 1. The van der Waals surface area contributed by atoms with Gasteiger partial charge in [0.2, 0.25) is 0 Å². The van der Waals surface area contributed by atoms with E-state index in [1.165, 1.54) is 16.9 Å². The lowest BCUT2D eigenvalue weighted by Crippen LogP contribution is -1.94. The van der Waals surface area contributed by atoms with Crippen molar-refractivity contribution < 1.29 is 9.90 Å². The second-order valence-corrected chi connectivity index (χ2v) is 6.32. The van der Waals surface area contributed by atoms with Gasteiger partial charge < -0.3 is 10.1 Å². The van der Waals surface area contributed by atoms with E-state index in [0.29, 0.717) is 0 Å². The summed E-state index contributed by atoms with van der Waals surface area (Å²) < 4.78 is 1.05. The van der Waals surface area contributed by atoms with Gasteiger partial charge >= 0.3 is 5.97 Å². The molecule has 2 aromatic heterocycles. The maximum Gasteiger partial charge on any atom is 0.352 e. The number of benzene rings is 1. The van der Waals surface area contributed by atoms with Crippen LogP contribution in [0.2, 0.25) is 0 Å². The van der Waals surface area contributed by atoms with E-state index in [-0.39, 0.29) is 5.69 Å². The molecule has 2 N–H and O–H groups in total. The molecule has 0 aliphatic heterocycles. The summed E-state index contributed by atoms with van der Waals surface area (Å²) in [5.41, 5.74) is 3.93. The van der Waals surface area contributed by atoms with Gasteiger partial charge in [0.25, 0.3) is 0 Å². The molecule has 0 aliphatic carbocycles. The summed E-state index contributed by atoms with van der Waals surface area (Å²) in [6, 6.07) is 7.70. The Bertz CT molecular complexity index is 823. The molecule has 0 amide bonds. The van der Waals surface area contributed by atoms with Crippen LogP contribution in [-0.2, 0) is 0 Å². The topological polar surface area (TPSA) is 66.0 Å². The number of carbonyl (C=O) groups is 1. The predicted octanol–water partition coefficient (Wildman–Crippen LogP) is 4.57. The zero-order valence-corrected chi connectivity index (χ0v) is 13.5. The van der Waals surface area contributed by atoms with Crippen molar-refractivity contribution in [3.05, 3.63) is 51.6 Å². The number of aromatic nitrogens is 2. The molecule has 1 aromatic carbocycles. The molecule has 0 aliphatic rings. The van der Waals surface area contributed by atoms with Crippen LogP contribution in [0.25, 0.3) is 21.8 Å². The molecule has 2 heterocycles. The van der Waals surface area contributed by atoms with Crippen molar-refractivity contribution >= 4 is 33.2 Å². The van der Waals surface area contributed by atoms with Crippen LogP contribution in [0.15, 0.2) is 40.3 Å². The van der Waals surface area contributed by atoms with Gasteiger partial charge in [0.1, 0.15) is 10.7 Å². The summed E-state index contributed by atoms with van der Waals surface area (Å²) in [6.07, 6.45) is 1.66. The van der Waals surface area contributed by atoms with Crippen molar-refractivity contribution in [2.45, 2.75) is 6.92 Å². The average Bonchev–Trinajstić information content (AvgIpc) is 3.09. The molecule has 21 heavy (non-hydrogen) atoms. The number of nitrogens with zero attached hydrogens (tertiary/aromatic N) is 1. The molecule has 6 heteroatoms. The smallest absolute Gasteiger partial charge is 0.352 e. The normalized spacial score (nSPS) is 10.8. The number of H-pyrrole nitrogens is 1. The highest BCUT2D eigenvalue weighted by atomic mass is 79.9. The molecule has 0 unspecified atom stereocenters. The minimum Gasteiger partial charge on any atom is -0.477 e. The van der Waals surface area contributed by atoms with E-state index in [1.807, 2.05) is 30.5 Å². The lowest BCUT2D eigenvalue weighted by molar-refractivity contribution is 0.0691. The third-order valence-electron chi connectivity index (χ3n) is 3.13. The minimum atomic E-state index is -0.973. The predicted molar refractivity (Wildman–Crippen MR) is 86.7 cm³/mol. The first-order valence-corrected chi connectivity index (χ1v) is 7.86. The number of nitrogens with one attached hydrogen (secondary N) is 1. The Balaban J connectivity index is 1.95. The minimum absolute atomic E-state index is 0.164. The summed E-state index contributed by atoms with van der Waals surface area (Å²) in [5, 5.41) is 11.8. The van der Waals surface area contributed by atoms with Crippen molar-refractivity contribution in [1.82, 2.24) is 9.97 Å². The van der Waals surface area contributed by atoms with E-state index < -0.39 is 5.97 Å². The number of hydrogen-bond donors (Lipinski definition) is 2. The molecule has 0 radical (unpaired) electrons. The molecule has 0 atom stereocenters. The van der Waals surface area contributed by atoms with Crippen LogP contribution in [0.1, 0.15) is 16.1 Å². The van der Waals surface area contributed by atoms with Crippen molar-refractivity contribution in [1.29, 1.82) is 0 Å². The third kappa shape index (κ3) is 2.77. The molecule has 0 saturated heterocycles. The van der Waals surface area contributed by atoms with Gasteiger partial charge in [-0.05, 0) is 24.6 Å². The van der Waals surface area contributed by atoms with Gasteiger partial charge in [0.15, 0.2) is 0 Å². The summed E-state index contributed by atoms with van der Waals surface area (Å²) >= 11 is 5.06. The molecular weight excluding hydrogens is 352 g/mol. The van der Waals surface area contributed by atoms with E-state index in [2.05, 4.69) is 25.9 Å². The Morgan fingerprint density at radius 1 is 1.33 bits per heavy atom. The number of halogens is 1. The molecular formula is C15H11BrN2O2S. The lowest BCUT2D eigenvalue weighted by Gasteiger charge is -2.00. The Morgan fingerprint density at radius 3 is 2.81 bits per heavy atom. The first kappa shape index (κ1) is 14.0. The molecule has 0 fully saturated rings. The SMILES string of the molecule is Cc1ccc(-c2nc(-c3c[nH]c(C(=O)O)c3)cs2)cc1Br. The fourth-order valence-electron chi connectivity index (χ4n) is 1.93. The maximum atomic E-state index is 10.9. The van der Waals surface area contributed by atoms with Crippen LogP contribution in [0.3, 0.4) is 0 Å². The average molecular weight is 363 g/mol. The van der Waals surface area contributed by atoms with Crippen molar-refractivity contribution in [3.63, 3.8) is 0 Å². The molecule has 4 nitrogen and oxygen atoms in total. The molecule has 0 saturated carbocycles. The highest BCUT2D eigenvalue weighted by Crippen LogP contribution is 2.31. The monoisotopic (exact) mass is 362 g/mol. The number of carboxylic acids is 1. The second kappa shape index (κ2) is 5.46. The van der Waals surface area contributed by atoms with E-state index in [9.17, 15) is 4.79 Å². The van der Waals surface area contributed by atoms with Crippen LogP contribution >= 0.6 is 27.3 Å². The number of aromatic carboxylic acids is 1. The lowest BCUT2D eigenvalue weighted by atomic mass is 10.1. The number of hydrogen-bond acceptors (Lipinski definition) is 3. The van der Waals surface area contributed by atoms with Crippen molar-refractivity contribution in [3.8, 4) is 21.8 Å². The van der Waals surface area contributed by atoms with E-state index in [1.54, 1.807) is 12.3 Å². The van der Waals surface area contributed by atoms with Crippen molar-refractivity contribution in [2.24, 2.45) is 0 Å². The van der Waals surface area contributed by atoms with Gasteiger partial charge in [0.05, 0.1) is 5.69 Å². The fraction of sp³-hybridized carbons (Fsp3) is 0.0667. The standard InChI is InChI=1S/C15H11BrN2O2S/c1-8-2-3-9(4-11(8)16)14-18-13(7-21-14)10-5-12(15(19)20)17-6-10/h2-7,17H,1H3,(H,19,20). The number of rotatable bonds is 3. The van der Waals surface area contributed by atoms with Crippen LogP contribution in [-0.4, -0.2) is 21.0 Å².